The van der Waals surface area contributed by atoms with E-state index in [9.17, 15) is 9.18 Å². The van der Waals surface area contributed by atoms with Gasteiger partial charge >= 0.3 is 5.97 Å². The van der Waals surface area contributed by atoms with Gasteiger partial charge in [0.1, 0.15) is 5.82 Å². The molecule has 98 valence electrons. The van der Waals surface area contributed by atoms with E-state index in [1.165, 1.54) is 32.1 Å². The number of methoxy groups -OCH3 is 1. The number of carbonyl (C=O) groups excluding carboxylic acids is 1. The van der Waals surface area contributed by atoms with Gasteiger partial charge in [-0.05, 0) is 30.5 Å². The van der Waals surface area contributed by atoms with Crippen molar-refractivity contribution in [3.05, 3.63) is 35.1 Å². The molecule has 0 heterocycles. The smallest absolute Gasteiger partial charge is 0.340 e. The molecule has 1 aromatic carbocycles. The molecule has 0 unspecified atom stereocenters. The van der Waals surface area contributed by atoms with Crippen molar-refractivity contribution in [1.82, 2.24) is 0 Å². The van der Waals surface area contributed by atoms with Crippen molar-refractivity contribution in [2.45, 2.75) is 38.4 Å². The van der Waals surface area contributed by atoms with Crippen molar-refractivity contribution >= 4 is 5.97 Å². The van der Waals surface area contributed by atoms with Crippen LogP contribution in [0.3, 0.4) is 0 Å². The first-order valence-corrected chi connectivity index (χ1v) is 6.19. The van der Waals surface area contributed by atoms with Crippen LogP contribution in [0.15, 0.2) is 18.2 Å². The van der Waals surface area contributed by atoms with Gasteiger partial charge in [0.2, 0.25) is 0 Å². The van der Waals surface area contributed by atoms with Crippen molar-refractivity contribution in [3.63, 3.8) is 0 Å². The third-order valence-corrected chi connectivity index (χ3v) is 3.23. The van der Waals surface area contributed by atoms with Crippen LogP contribution in [-0.4, -0.2) is 19.2 Å². The van der Waals surface area contributed by atoms with Crippen LogP contribution in [0.1, 0.15) is 41.6 Å². The van der Waals surface area contributed by atoms with E-state index < -0.39 is 11.8 Å². The Hall–Kier alpha value is -1.42. The molecule has 0 spiro atoms. The zero-order valence-electron chi connectivity index (χ0n) is 10.4. The van der Waals surface area contributed by atoms with E-state index in [4.69, 9.17) is 4.74 Å². The van der Waals surface area contributed by atoms with Crippen LogP contribution in [0.4, 0.5) is 4.39 Å². The maximum Gasteiger partial charge on any atom is 0.340 e. The van der Waals surface area contributed by atoms with Crippen LogP contribution >= 0.6 is 0 Å². The number of ether oxygens (including phenoxy) is 2. The molecule has 0 aliphatic heterocycles. The van der Waals surface area contributed by atoms with Gasteiger partial charge in [0.25, 0.3) is 0 Å². The standard InChI is InChI=1S/C14H17FO3/c1-17-14(16)12-7-6-10(8-13(12)15)9-18-11-4-2-3-5-11/h6-8,11H,2-5,9H2,1H3. The first kappa shape index (κ1) is 13.0. The predicted octanol–water partition coefficient (Wildman–Crippen LogP) is 3.07. The number of benzene rings is 1. The summed E-state index contributed by atoms with van der Waals surface area (Å²) >= 11 is 0. The van der Waals surface area contributed by atoms with Gasteiger partial charge < -0.3 is 9.47 Å². The summed E-state index contributed by atoms with van der Waals surface area (Å²) < 4.78 is 23.8. The zero-order chi connectivity index (χ0) is 13.0. The SMILES string of the molecule is COC(=O)c1ccc(COC2CCCC2)cc1F. The first-order chi connectivity index (χ1) is 8.70. The molecule has 0 bridgehead atoms. The first-order valence-electron chi connectivity index (χ1n) is 6.19. The summed E-state index contributed by atoms with van der Waals surface area (Å²) in [5.74, 6) is -1.22. The topological polar surface area (TPSA) is 35.5 Å². The summed E-state index contributed by atoms with van der Waals surface area (Å²) in [5, 5.41) is 0. The quantitative estimate of drug-likeness (QED) is 0.772. The van der Waals surface area contributed by atoms with E-state index in [-0.39, 0.29) is 5.56 Å². The van der Waals surface area contributed by atoms with Gasteiger partial charge in [-0.3, -0.25) is 0 Å². The summed E-state index contributed by atoms with van der Waals surface area (Å²) in [6.07, 6.45) is 4.89. The largest absolute Gasteiger partial charge is 0.465 e. The molecule has 2 rings (SSSR count). The van der Waals surface area contributed by atoms with Crippen molar-refractivity contribution in [2.24, 2.45) is 0 Å². The third-order valence-electron chi connectivity index (χ3n) is 3.23. The minimum Gasteiger partial charge on any atom is -0.465 e. The molecule has 1 fully saturated rings. The highest BCUT2D eigenvalue weighted by Gasteiger charge is 2.16. The number of hydrogen-bond acceptors (Lipinski definition) is 3. The van der Waals surface area contributed by atoms with E-state index in [0.29, 0.717) is 12.7 Å². The van der Waals surface area contributed by atoms with Gasteiger partial charge in [0.05, 0.1) is 25.4 Å². The van der Waals surface area contributed by atoms with E-state index in [1.807, 2.05) is 0 Å². The second kappa shape index (κ2) is 5.96. The summed E-state index contributed by atoms with van der Waals surface area (Å²) in [6.45, 7) is 0.392. The molecule has 3 nitrogen and oxygen atoms in total. The van der Waals surface area contributed by atoms with Crippen LogP contribution < -0.4 is 0 Å². The minimum atomic E-state index is -0.657. The summed E-state index contributed by atoms with van der Waals surface area (Å²) in [4.78, 5) is 11.2. The maximum atomic E-state index is 13.6. The van der Waals surface area contributed by atoms with E-state index in [1.54, 1.807) is 6.07 Å². The molecular formula is C14H17FO3. The van der Waals surface area contributed by atoms with Gasteiger partial charge in [-0.25, -0.2) is 9.18 Å². The van der Waals surface area contributed by atoms with Crippen LogP contribution in [0.5, 0.6) is 0 Å². The predicted molar refractivity (Wildman–Crippen MR) is 64.8 cm³/mol. The highest BCUT2D eigenvalue weighted by atomic mass is 19.1. The van der Waals surface area contributed by atoms with Crippen LogP contribution in [0.2, 0.25) is 0 Å². The Kier molecular flexibility index (Phi) is 4.31. The number of carbonyl (C=O) groups is 1. The monoisotopic (exact) mass is 252 g/mol. The molecule has 18 heavy (non-hydrogen) atoms. The molecule has 1 aliphatic rings. The molecule has 0 aromatic heterocycles. The molecule has 0 N–H and O–H groups in total. The molecule has 1 aliphatic carbocycles. The average molecular weight is 252 g/mol. The van der Waals surface area contributed by atoms with Gasteiger partial charge in [-0.15, -0.1) is 0 Å². The molecule has 1 saturated carbocycles. The summed E-state index contributed by atoms with van der Waals surface area (Å²) in [6, 6.07) is 4.47. The van der Waals surface area contributed by atoms with Gasteiger partial charge in [0, 0.05) is 0 Å². The Morgan fingerprint density at radius 3 is 2.72 bits per heavy atom. The van der Waals surface area contributed by atoms with Crippen LogP contribution in [-0.2, 0) is 16.1 Å². The van der Waals surface area contributed by atoms with E-state index in [2.05, 4.69) is 4.74 Å². The van der Waals surface area contributed by atoms with Gasteiger partial charge in [-0.2, -0.15) is 0 Å². The van der Waals surface area contributed by atoms with Crippen LogP contribution in [0.25, 0.3) is 0 Å². The number of rotatable bonds is 4. The second-order valence-corrected chi connectivity index (χ2v) is 4.52. The molecule has 0 amide bonds. The Bertz CT molecular complexity index is 425. The lowest BCUT2D eigenvalue weighted by Crippen LogP contribution is -2.08. The van der Waals surface area contributed by atoms with Gasteiger partial charge in [-0.1, -0.05) is 18.9 Å². The zero-order valence-corrected chi connectivity index (χ0v) is 10.4. The molecule has 0 radical (unpaired) electrons. The van der Waals surface area contributed by atoms with Crippen molar-refractivity contribution in [1.29, 1.82) is 0 Å². The minimum absolute atomic E-state index is 0.0397. The molecule has 1 aromatic rings. The fraction of sp³-hybridized carbons (Fsp3) is 0.500. The van der Waals surface area contributed by atoms with E-state index >= 15 is 0 Å². The number of halogens is 1. The lowest BCUT2D eigenvalue weighted by Gasteiger charge is -2.11. The van der Waals surface area contributed by atoms with Crippen molar-refractivity contribution in [3.8, 4) is 0 Å². The highest BCUT2D eigenvalue weighted by Crippen LogP contribution is 2.22. The Balaban J connectivity index is 1.97. The maximum absolute atomic E-state index is 13.6. The second-order valence-electron chi connectivity index (χ2n) is 4.52. The Morgan fingerprint density at radius 1 is 1.39 bits per heavy atom. The molecule has 0 saturated heterocycles. The number of esters is 1. The van der Waals surface area contributed by atoms with Gasteiger partial charge in [0.15, 0.2) is 0 Å². The van der Waals surface area contributed by atoms with E-state index in [0.717, 1.165) is 18.4 Å². The fourth-order valence-electron chi connectivity index (χ4n) is 2.19. The Morgan fingerprint density at radius 2 is 2.11 bits per heavy atom. The lowest BCUT2D eigenvalue weighted by molar-refractivity contribution is 0.0454. The fourth-order valence-corrected chi connectivity index (χ4v) is 2.19. The van der Waals surface area contributed by atoms with Crippen molar-refractivity contribution < 1.29 is 18.7 Å². The summed E-state index contributed by atoms with van der Waals surface area (Å²) in [5.41, 5.74) is 0.703. The number of hydrogen-bond donors (Lipinski definition) is 0. The molecule has 4 heteroatoms. The lowest BCUT2D eigenvalue weighted by atomic mass is 10.1. The molecule has 0 atom stereocenters. The van der Waals surface area contributed by atoms with Crippen molar-refractivity contribution in [2.75, 3.05) is 7.11 Å². The Labute approximate surface area is 106 Å². The highest BCUT2D eigenvalue weighted by molar-refractivity contribution is 5.89. The summed E-state index contributed by atoms with van der Waals surface area (Å²) in [7, 11) is 1.24. The normalized spacial score (nSPS) is 15.9. The van der Waals surface area contributed by atoms with Crippen LogP contribution in [0, 0.1) is 5.82 Å². The average Bonchev–Trinajstić information content (AvgIpc) is 2.88. The molecular weight excluding hydrogens is 235 g/mol. The third kappa shape index (κ3) is 3.07.